The number of nitrogens with zero attached hydrogens (tertiary/aromatic N) is 4. The van der Waals surface area contributed by atoms with E-state index in [9.17, 15) is 0 Å². The first kappa shape index (κ1) is 40.8. The predicted octanol–water partition coefficient (Wildman–Crippen LogP) is 13.6. The smallest absolute Gasteiger partial charge is 0.0971 e. The molecule has 0 fully saturated rings. The summed E-state index contributed by atoms with van der Waals surface area (Å²) in [6.07, 6.45) is 5.61. The fraction of sp³-hybridized carbons (Fsp3) is 0.111. The molecule has 0 saturated heterocycles. The van der Waals surface area contributed by atoms with Crippen molar-refractivity contribution in [3.8, 4) is 67.2 Å². The van der Waals surface area contributed by atoms with Crippen LogP contribution in [0.5, 0.6) is 0 Å². The zero-order valence-electron chi connectivity index (χ0n) is 33.9. The molecule has 0 atom stereocenters. The molecule has 291 valence electrons. The zero-order chi connectivity index (χ0) is 40.1. The Kier molecular flexibility index (Phi) is 12.5. The number of hydrogen-bond acceptors (Lipinski definition) is 4. The van der Waals surface area contributed by atoms with Gasteiger partial charge in [0.15, 0.2) is 0 Å². The van der Waals surface area contributed by atoms with E-state index in [0.29, 0.717) is 0 Å². The summed E-state index contributed by atoms with van der Waals surface area (Å²) < 4.78 is 0. The van der Waals surface area contributed by atoms with E-state index in [2.05, 4.69) is 155 Å². The number of rotatable bonds is 6. The van der Waals surface area contributed by atoms with Gasteiger partial charge in [0.1, 0.15) is 0 Å². The van der Waals surface area contributed by atoms with Crippen LogP contribution in [0.2, 0.25) is 0 Å². The molecule has 0 spiro atoms. The molecule has 0 N–H and O–H groups in total. The van der Waals surface area contributed by atoms with E-state index in [1.807, 2.05) is 73.2 Å². The molecule has 0 unspecified atom stereocenters. The summed E-state index contributed by atoms with van der Waals surface area (Å²) >= 11 is 0. The van der Waals surface area contributed by atoms with Gasteiger partial charge in [-0.25, -0.2) is 4.98 Å². The minimum Gasteiger partial charge on any atom is -0.305 e. The Morgan fingerprint density at radius 2 is 1.12 bits per heavy atom. The third-order valence-corrected chi connectivity index (χ3v) is 10.4. The molecule has 1 radical (unpaired) electrons. The van der Waals surface area contributed by atoms with Crippen molar-refractivity contribution in [3.63, 3.8) is 0 Å². The largest absolute Gasteiger partial charge is 0.305 e. The van der Waals surface area contributed by atoms with E-state index in [-0.39, 0.29) is 25.5 Å². The molecule has 6 aromatic carbocycles. The van der Waals surface area contributed by atoms with Gasteiger partial charge in [0.05, 0.1) is 22.9 Å². The number of pyridine rings is 2. The fourth-order valence-corrected chi connectivity index (χ4v) is 7.22. The Labute approximate surface area is 361 Å². The Morgan fingerprint density at radius 1 is 0.458 bits per heavy atom. The average molecular weight is 941 g/mol. The minimum absolute atomic E-state index is 0. The van der Waals surface area contributed by atoms with Gasteiger partial charge in [0.25, 0.3) is 0 Å². The van der Waals surface area contributed by atoms with Crippen molar-refractivity contribution in [2.75, 3.05) is 0 Å². The first-order valence-electron chi connectivity index (χ1n) is 19.6. The first-order valence-corrected chi connectivity index (χ1v) is 19.6. The molecule has 0 aliphatic rings. The van der Waals surface area contributed by atoms with Crippen LogP contribution in [-0.4, -0.2) is 19.9 Å². The van der Waals surface area contributed by atoms with E-state index < -0.39 is 0 Å². The molecular formula is C54H44IrN4-2. The number of fused-ring (bicyclic) bond motifs is 1. The quantitative estimate of drug-likeness (QED) is 0.156. The van der Waals surface area contributed by atoms with Crippen LogP contribution in [0, 0.1) is 26.0 Å². The van der Waals surface area contributed by atoms with Gasteiger partial charge in [-0.2, -0.15) is 0 Å². The average Bonchev–Trinajstić information content (AvgIpc) is 3.27. The molecule has 3 heterocycles. The van der Waals surface area contributed by atoms with Crippen LogP contribution in [0.25, 0.3) is 78.2 Å². The van der Waals surface area contributed by atoms with Crippen LogP contribution in [0.1, 0.15) is 37.5 Å². The van der Waals surface area contributed by atoms with Crippen molar-refractivity contribution >= 4 is 11.0 Å². The van der Waals surface area contributed by atoms with Crippen LogP contribution in [0.3, 0.4) is 0 Å². The maximum atomic E-state index is 5.28. The number of aromatic nitrogens is 4. The summed E-state index contributed by atoms with van der Waals surface area (Å²) in [6, 6.07) is 60.7. The first-order chi connectivity index (χ1) is 28.2. The Hall–Kier alpha value is -6.39. The third kappa shape index (κ3) is 9.18. The van der Waals surface area contributed by atoms with Crippen LogP contribution in [0.15, 0.2) is 176 Å². The second kappa shape index (κ2) is 18.0. The monoisotopic (exact) mass is 941 g/mol. The molecular weight excluding hydrogens is 897 g/mol. The van der Waals surface area contributed by atoms with Crippen molar-refractivity contribution in [2.45, 2.75) is 40.0 Å². The van der Waals surface area contributed by atoms with Crippen molar-refractivity contribution in [2.24, 2.45) is 0 Å². The summed E-state index contributed by atoms with van der Waals surface area (Å²) in [6.45, 7) is 10.9. The molecule has 59 heavy (non-hydrogen) atoms. The summed E-state index contributed by atoms with van der Waals surface area (Å²) in [5.74, 6) is 0. The van der Waals surface area contributed by atoms with Gasteiger partial charge in [0.2, 0.25) is 0 Å². The Morgan fingerprint density at radius 3 is 1.83 bits per heavy atom. The van der Waals surface area contributed by atoms with Gasteiger partial charge in [-0.3, -0.25) is 4.98 Å². The third-order valence-electron chi connectivity index (χ3n) is 10.4. The standard InChI is InChI=1S/C42H34N3.C12H10N.Ir/c1-28-34(29-13-7-5-8-14-29)19-12-20-35(28)37-22-21-36(41-40(37)44-27-39(45-41)30-15-9-6-10-16-30)31-17-11-18-32(25-31)38-26-33(23-24-43-38)42(2,3)4;1-10-7-8-13-12(9-10)11-5-3-2-4-6-11;/h5-17,19-27H,1-4H3;2-5,7-9H,1H3;/q2*-1;. The minimum atomic E-state index is 0. The van der Waals surface area contributed by atoms with Crippen molar-refractivity contribution in [3.05, 3.63) is 205 Å². The van der Waals surface area contributed by atoms with Gasteiger partial charge in [-0.05, 0) is 76.2 Å². The topological polar surface area (TPSA) is 51.6 Å². The number of benzene rings is 6. The molecule has 0 bridgehead atoms. The molecule has 9 aromatic rings. The maximum absolute atomic E-state index is 5.28. The van der Waals surface area contributed by atoms with Crippen LogP contribution >= 0.6 is 0 Å². The second-order valence-electron chi connectivity index (χ2n) is 15.5. The Balaban J connectivity index is 0.000000321. The van der Waals surface area contributed by atoms with Crippen LogP contribution in [-0.2, 0) is 25.5 Å². The Bertz CT molecular complexity index is 2830. The maximum Gasteiger partial charge on any atom is 0.0971 e. The molecule has 9 rings (SSSR count). The van der Waals surface area contributed by atoms with E-state index >= 15 is 0 Å². The number of hydrogen-bond donors (Lipinski definition) is 0. The van der Waals surface area contributed by atoms with Crippen molar-refractivity contribution in [1.29, 1.82) is 0 Å². The normalized spacial score (nSPS) is 11.0. The summed E-state index contributed by atoms with van der Waals surface area (Å²) in [4.78, 5) is 19.4. The van der Waals surface area contributed by atoms with E-state index in [1.165, 1.54) is 27.8 Å². The number of aryl methyl sites for hydroxylation is 1. The molecule has 0 aliphatic heterocycles. The van der Waals surface area contributed by atoms with Gasteiger partial charge in [-0.15, -0.1) is 65.7 Å². The molecule has 0 amide bonds. The predicted molar refractivity (Wildman–Crippen MR) is 240 cm³/mol. The van der Waals surface area contributed by atoms with E-state index in [1.54, 1.807) is 0 Å². The summed E-state index contributed by atoms with van der Waals surface area (Å²) in [5, 5.41) is 0. The zero-order valence-corrected chi connectivity index (χ0v) is 36.3. The van der Waals surface area contributed by atoms with Gasteiger partial charge >= 0.3 is 0 Å². The summed E-state index contributed by atoms with van der Waals surface area (Å²) in [7, 11) is 0. The van der Waals surface area contributed by atoms with Crippen molar-refractivity contribution < 1.29 is 20.1 Å². The van der Waals surface area contributed by atoms with Gasteiger partial charge in [-0.1, -0.05) is 135 Å². The fourth-order valence-electron chi connectivity index (χ4n) is 7.22. The van der Waals surface area contributed by atoms with E-state index in [0.717, 1.165) is 67.1 Å². The van der Waals surface area contributed by atoms with Gasteiger partial charge < -0.3 is 9.97 Å². The van der Waals surface area contributed by atoms with E-state index in [4.69, 9.17) is 15.0 Å². The molecule has 3 aromatic heterocycles. The van der Waals surface area contributed by atoms with Crippen LogP contribution in [0.4, 0.5) is 0 Å². The second-order valence-corrected chi connectivity index (χ2v) is 15.5. The molecule has 5 heteroatoms. The molecule has 0 saturated carbocycles. The van der Waals surface area contributed by atoms with Gasteiger partial charge in [0, 0.05) is 43.6 Å². The molecule has 4 nitrogen and oxygen atoms in total. The molecule has 0 aliphatic carbocycles. The van der Waals surface area contributed by atoms with Crippen molar-refractivity contribution in [1.82, 2.24) is 19.9 Å². The SMILES string of the molecule is Cc1c(-c2ccccc2)cccc1-c1ccc(-c2cc[c-]c(-c3cc(C(C)(C)C)ccn3)c2)c2nc(-c3ccccc3)cnc12.Cc1ccnc(-c2[c-]cccc2)c1.[Ir]. The van der Waals surface area contributed by atoms with Crippen LogP contribution < -0.4 is 0 Å². The summed E-state index contributed by atoms with van der Waals surface area (Å²) in [5.41, 5.74) is 18.0.